The van der Waals surface area contributed by atoms with E-state index in [1.807, 2.05) is 36.6 Å². The maximum atomic E-state index is 11.4. The van der Waals surface area contributed by atoms with E-state index < -0.39 is 5.66 Å². The zero-order valence-corrected chi connectivity index (χ0v) is 12.0. The summed E-state index contributed by atoms with van der Waals surface area (Å²) in [5.41, 5.74) is 6.60. The van der Waals surface area contributed by atoms with Gasteiger partial charge in [0.15, 0.2) is 11.5 Å². The standard InChI is InChI=1S/C14H17N3O2S/c1-20-13-16-9-12(10-19)14(15,17(13)7-8-18)11-5-3-2-4-6-11/h2-6,9-10,18H,7-8,15H2,1H3. The molecule has 1 aromatic rings. The van der Waals surface area contributed by atoms with E-state index in [1.54, 1.807) is 4.90 Å². The topological polar surface area (TPSA) is 78.9 Å². The normalized spacial score (nSPS) is 22.2. The van der Waals surface area contributed by atoms with Crippen molar-refractivity contribution >= 4 is 23.2 Å². The summed E-state index contributed by atoms with van der Waals surface area (Å²) in [5, 5.41) is 9.98. The number of amidine groups is 1. The average molecular weight is 291 g/mol. The van der Waals surface area contributed by atoms with E-state index >= 15 is 0 Å². The highest BCUT2D eigenvalue weighted by Crippen LogP contribution is 2.34. The Kier molecular flexibility index (Phi) is 4.59. The summed E-state index contributed by atoms with van der Waals surface area (Å²) in [5.74, 6) is 0. The molecule has 0 bridgehead atoms. The van der Waals surface area contributed by atoms with Crippen LogP contribution in [-0.4, -0.2) is 40.9 Å². The van der Waals surface area contributed by atoms with E-state index in [1.165, 1.54) is 18.0 Å². The quantitative estimate of drug-likeness (QED) is 0.806. The summed E-state index contributed by atoms with van der Waals surface area (Å²) >= 11 is 1.43. The van der Waals surface area contributed by atoms with E-state index in [-0.39, 0.29) is 6.61 Å². The van der Waals surface area contributed by atoms with Crippen molar-refractivity contribution < 1.29 is 9.90 Å². The number of benzene rings is 1. The Hall–Kier alpha value is -1.63. The van der Waals surface area contributed by atoms with Crippen LogP contribution in [0.15, 0.2) is 47.1 Å². The van der Waals surface area contributed by atoms with Crippen molar-refractivity contribution in [2.75, 3.05) is 19.4 Å². The fraction of sp³-hybridized carbons (Fsp3) is 0.286. The number of aliphatic imine (C=N–C) groups is 1. The molecule has 0 aliphatic carbocycles. The van der Waals surface area contributed by atoms with Gasteiger partial charge in [0, 0.05) is 12.7 Å². The van der Waals surface area contributed by atoms with Gasteiger partial charge in [-0.3, -0.25) is 4.79 Å². The molecule has 0 aromatic heterocycles. The highest BCUT2D eigenvalue weighted by atomic mass is 32.2. The Morgan fingerprint density at radius 2 is 2.15 bits per heavy atom. The predicted octanol–water partition coefficient (Wildman–Crippen LogP) is 0.908. The Balaban J connectivity index is 2.58. The minimum atomic E-state index is -1.11. The molecule has 0 radical (unpaired) electrons. The first-order valence-electron chi connectivity index (χ1n) is 6.19. The lowest BCUT2D eigenvalue weighted by atomic mass is 9.90. The lowest BCUT2D eigenvalue weighted by Crippen LogP contribution is -2.58. The highest BCUT2D eigenvalue weighted by molar-refractivity contribution is 8.13. The number of aliphatic hydroxyl groups excluding tert-OH is 1. The van der Waals surface area contributed by atoms with Crippen LogP contribution in [0.25, 0.3) is 0 Å². The van der Waals surface area contributed by atoms with Crippen molar-refractivity contribution in [1.82, 2.24) is 4.90 Å². The van der Waals surface area contributed by atoms with Crippen LogP contribution < -0.4 is 5.73 Å². The van der Waals surface area contributed by atoms with Gasteiger partial charge < -0.3 is 15.7 Å². The maximum absolute atomic E-state index is 11.4. The van der Waals surface area contributed by atoms with Gasteiger partial charge in [-0.05, 0) is 11.8 Å². The summed E-state index contributed by atoms with van der Waals surface area (Å²) < 4.78 is 0. The molecular formula is C14H17N3O2S. The maximum Gasteiger partial charge on any atom is 0.165 e. The zero-order chi connectivity index (χ0) is 14.6. The van der Waals surface area contributed by atoms with Crippen LogP contribution in [0.5, 0.6) is 0 Å². The first-order chi connectivity index (χ1) is 9.68. The van der Waals surface area contributed by atoms with Gasteiger partial charge in [-0.15, -0.1) is 0 Å². The van der Waals surface area contributed by atoms with Gasteiger partial charge >= 0.3 is 0 Å². The van der Waals surface area contributed by atoms with Crippen molar-refractivity contribution in [3.8, 4) is 0 Å². The third kappa shape index (κ3) is 2.37. The Bertz CT molecular complexity index is 545. The number of hydrogen-bond acceptors (Lipinski definition) is 6. The summed E-state index contributed by atoms with van der Waals surface area (Å²) in [6.45, 7) is 0.230. The molecule has 0 saturated heterocycles. The number of rotatable bonds is 4. The number of thioether (sulfide) groups is 1. The van der Waals surface area contributed by atoms with E-state index in [9.17, 15) is 9.90 Å². The molecular weight excluding hydrogens is 274 g/mol. The van der Waals surface area contributed by atoms with Crippen LogP contribution in [-0.2, 0) is 10.5 Å². The number of carbonyl (C=O) groups is 1. The number of β-amino-alcohol motifs (C(OH)–C–C–N with tert-alkyl or cyclic N) is 1. The monoisotopic (exact) mass is 291 g/mol. The minimum Gasteiger partial charge on any atom is -0.395 e. The molecule has 0 fully saturated rings. The summed E-state index contributed by atoms with van der Waals surface area (Å²) in [7, 11) is 0. The summed E-state index contributed by atoms with van der Waals surface area (Å²) in [4.78, 5) is 17.4. The molecule has 1 unspecified atom stereocenters. The SMILES string of the molecule is CSC1=NC=C(C=O)C(N)(c2ccccc2)N1CCO. The van der Waals surface area contributed by atoms with Gasteiger partial charge in [-0.1, -0.05) is 42.1 Å². The van der Waals surface area contributed by atoms with Gasteiger partial charge in [0.2, 0.25) is 0 Å². The van der Waals surface area contributed by atoms with Gasteiger partial charge in [0.1, 0.15) is 5.66 Å². The van der Waals surface area contributed by atoms with Crippen molar-refractivity contribution in [2.24, 2.45) is 10.7 Å². The fourth-order valence-corrected chi connectivity index (χ4v) is 2.88. The van der Waals surface area contributed by atoms with E-state index in [0.717, 1.165) is 11.8 Å². The van der Waals surface area contributed by atoms with Crippen molar-refractivity contribution in [3.05, 3.63) is 47.7 Å². The Labute approximate surface area is 122 Å². The number of aliphatic hydroxyl groups is 1. The molecule has 1 atom stereocenters. The van der Waals surface area contributed by atoms with Crippen molar-refractivity contribution in [3.63, 3.8) is 0 Å². The predicted molar refractivity (Wildman–Crippen MR) is 81.2 cm³/mol. The lowest BCUT2D eigenvalue weighted by molar-refractivity contribution is -0.106. The molecule has 1 aliphatic heterocycles. The summed E-state index contributed by atoms with van der Waals surface area (Å²) in [6, 6.07) is 9.36. The van der Waals surface area contributed by atoms with Crippen molar-refractivity contribution in [2.45, 2.75) is 5.66 Å². The second-order valence-electron chi connectivity index (χ2n) is 4.33. The van der Waals surface area contributed by atoms with Crippen LogP contribution in [0.2, 0.25) is 0 Å². The lowest BCUT2D eigenvalue weighted by Gasteiger charge is -2.44. The number of hydrogen-bond donors (Lipinski definition) is 2. The van der Waals surface area contributed by atoms with Crippen LogP contribution in [0.4, 0.5) is 0 Å². The fourth-order valence-electron chi connectivity index (χ4n) is 2.27. The van der Waals surface area contributed by atoms with Crippen LogP contribution in [0.1, 0.15) is 5.56 Å². The third-order valence-corrected chi connectivity index (χ3v) is 3.95. The molecule has 0 amide bonds. The van der Waals surface area contributed by atoms with Gasteiger partial charge in [0.05, 0.1) is 12.2 Å². The van der Waals surface area contributed by atoms with Gasteiger partial charge in [-0.2, -0.15) is 0 Å². The molecule has 2 rings (SSSR count). The number of aldehydes is 1. The second-order valence-corrected chi connectivity index (χ2v) is 5.10. The molecule has 20 heavy (non-hydrogen) atoms. The smallest absolute Gasteiger partial charge is 0.165 e. The summed E-state index contributed by atoms with van der Waals surface area (Å²) in [6.07, 6.45) is 4.10. The van der Waals surface area contributed by atoms with Crippen LogP contribution in [0.3, 0.4) is 0 Å². The zero-order valence-electron chi connectivity index (χ0n) is 11.2. The molecule has 0 saturated carbocycles. The molecule has 5 nitrogen and oxygen atoms in total. The molecule has 0 spiro atoms. The highest BCUT2D eigenvalue weighted by Gasteiger charge is 2.41. The molecule has 106 valence electrons. The van der Waals surface area contributed by atoms with E-state index in [2.05, 4.69) is 4.99 Å². The Morgan fingerprint density at radius 1 is 1.45 bits per heavy atom. The first-order valence-corrected chi connectivity index (χ1v) is 7.41. The first kappa shape index (κ1) is 14.8. The van der Waals surface area contributed by atoms with Crippen molar-refractivity contribution in [1.29, 1.82) is 0 Å². The molecule has 6 heteroatoms. The third-order valence-electron chi connectivity index (χ3n) is 3.26. The number of carbonyl (C=O) groups excluding carboxylic acids is 1. The molecule has 1 heterocycles. The minimum absolute atomic E-state index is 0.0719. The van der Waals surface area contributed by atoms with Gasteiger partial charge in [-0.25, -0.2) is 4.99 Å². The van der Waals surface area contributed by atoms with E-state index in [4.69, 9.17) is 5.73 Å². The number of nitrogens with two attached hydrogens (primary N) is 1. The molecule has 3 N–H and O–H groups in total. The largest absolute Gasteiger partial charge is 0.395 e. The van der Waals surface area contributed by atoms with Crippen LogP contribution >= 0.6 is 11.8 Å². The van der Waals surface area contributed by atoms with Crippen LogP contribution in [0, 0.1) is 0 Å². The number of nitrogens with zero attached hydrogens (tertiary/aromatic N) is 2. The van der Waals surface area contributed by atoms with Gasteiger partial charge in [0.25, 0.3) is 0 Å². The van der Waals surface area contributed by atoms with E-state index in [0.29, 0.717) is 17.3 Å². The Morgan fingerprint density at radius 3 is 2.70 bits per heavy atom. The second kappa shape index (κ2) is 6.21. The molecule has 1 aliphatic rings. The molecule has 1 aromatic carbocycles. The average Bonchev–Trinajstić information content (AvgIpc) is 2.50.